The van der Waals surface area contributed by atoms with Crippen LogP contribution in [0.25, 0.3) is 0 Å². The Morgan fingerprint density at radius 1 is 1.50 bits per heavy atom. The first kappa shape index (κ1) is 13.9. The zero-order valence-electron chi connectivity index (χ0n) is 11.5. The van der Waals surface area contributed by atoms with Gasteiger partial charge < -0.3 is 5.32 Å². The normalized spacial score (nSPS) is 23.1. The number of rotatable bonds is 2. The molecule has 1 aliphatic heterocycles. The van der Waals surface area contributed by atoms with Crippen molar-refractivity contribution in [2.24, 2.45) is 10.4 Å². The van der Waals surface area contributed by atoms with Crippen LogP contribution in [0.1, 0.15) is 37.1 Å². The average molecular weight is 283 g/mol. The summed E-state index contributed by atoms with van der Waals surface area (Å²) in [5.41, 5.74) is 0.294. The minimum Gasteiger partial charge on any atom is -0.362 e. The largest absolute Gasteiger partial charge is 0.362 e. The number of hydrogen-bond donors (Lipinski definition) is 1. The van der Waals surface area contributed by atoms with E-state index in [2.05, 4.69) is 36.1 Å². The van der Waals surface area contributed by atoms with Crippen LogP contribution in [0.5, 0.6) is 0 Å². The fourth-order valence-electron chi connectivity index (χ4n) is 1.91. The van der Waals surface area contributed by atoms with Gasteiger partial charge in [-0.2, -0.15) is 0 Å². The molecule has 1 N–H and O–H groups in total. The molecule has 100 valence electrons. The van der Waals surface area contributed by atoms with Gasteiger partial charge in [-0.05, 0) is 18.8 Å². The molecule has 0 aliphatic carbocycles. The minimum absolute atomic E-state index is 0.294. The molecule has 1 unspecified atom stereocenters. The third-order valence-electron chi connectivity index (χ3n) is 3.04. The molecule has 1 atom stereocenters. The molecule has 0 spiro atoms. The highest BCUT2D eigenvalue weighted by molar-refractivity contribution is 8.13. The number of thioether (sulfide) groups is 1. The van der Waals surface area contributed by atoms with E-state index in [0.29, 0.717) is 11.5 Å². The van der Waals surface area contributed by atoms with E-state index in [1.807, 2.05) is 24.9 Å². The van der Waals surface area contributed by atoms with Crippen molar-refractivity contribution in [2.45, 2.75) is 46.7 Å². The predicted octanol–water partition coefficient (Wildman–Crippen LogP) is 3.45. The van der Waals surface area contributed by atoms with Crippen molar-refractivity contribution < 1.29 is 0 Å². The number of nitrogens with zero attached hydrogens (tertiary/aromatic N) is 2. The molecule has 1 fully saturated rings. The summed E-state index contributed by atoms with van der Waals surface area (Å²) < 4.78 is 0. The Kier molecular flexibility index (Phi) is 4.33. The molecule has 18 heavy (non-hydrogen) atoms. The van der Waals surface area contributed by atoms with E-state index in [9.17, 15) is 0 Å². The summed E-state index contributed by atoms with van der Waals surface area (Å²) in [4.78, 5) is 10.2. The number of thiazole rings is 1. The molecule has 1 aromatic heterocycles. The molecule has 0 saturated carbocycles. The standard InChI is InChI=1S/C13H21N3S2/c1-9-14-7-10(18-9)8-15-12-16-11(5-6-17-12)13(2,3)4/h7,11H,5-6,8H2,1-4H3,(H,15,16). The van der Waals surface area contributed by atoms with Crippen molar-refractivity contribution in [3.63, 3.8) is 0 Å². The van der Waals surface area contributed by atoms with Crippen LogP contribution < -0.4 is 5.32 Å². The van der Waals surface area contributed by atoms with Gasteiger partial charge in [0.25, 0.3) is 0 Å². The Bertz CT molecular complexity index is 432. The van der Waals surface area contributed by atoms with Crippen LogP contribution in [0.15, 0.2) is 11.2 Å². The maximum absolute atomic E-state index is 4.67. The van der Waals surface area contributed by atoms with Crippen molar-refractivity contribution >= 4 is 28.3 Å². The molecular weight excluding hydrogens is 262 g/mol. The Morgan fingerprint density at radius 2 is 2.28 bits per heavy atom. The summed E-state index contributed by atoms with van der Waals surface area (Å²) in [6.07, 6.45) is 3.14. The van der Waals surface area contributed by atoms with Gasteiger partial charge in [-0.15, -0.1) is 11.3 Å². The highest BCUT2D eigenvalue weighted by Gasteiger charge is 2.28. The zero-order valence-corrected chi connectivity index (χ0v) is 13.1. The van der Waals surface area contributed by atoms with Crippen LogP contribution in [0, 0.1) is 12.3 Å². The number of nitrogens with one attached hydrogen (secondary N) is 1. The Morgan fingerprint density at radius 3 is 2.89 bits per heavy atom. The van der Waals surface area contributed by atoms with E-state index in [0.717, 1.165) is 22.5 Å². The molecule has 0 aromatic carbocycles. The molecule has 1 aliphatic rings. The molecule has 1 saturated heterocycles. The van der Waals surface area contributed by atoms with Crippen molar-refractivity contribution in [3.8, 4) is 0 Å². The first-order valence-corrected chi connectivity index (χ1v) is 8.10. The van der Waals surface area contributed by atoms with E-state index in [1.54, 1.807) is 11.3 Å². The van der Waals surface area contributed by atoms with E-state index in [1.165, 1.54) is 11.3 Å². The Labute approximate surface area is 118 Å². The second-order valence-electron chi connectivity index (χ2n) is 5.67. The van der Waals surface area contributed by atoms with Gasteiger partial charge in [-0.3, -0.25) is 4.99 Å². The lowest BCUT2D eigenvalue weighted by atomic mass is 9.85. The van der Waals surface area contributed by atoms with Crippen LogP contribution in [-0.2, 0) is 6.54 Å². The summed E-state index contributed by atoms with van der Waals surface area (Å²) in [5, 5.41) is 5.77. The SMILES string of the molecule is Cc1ncc(CN=C2NC(C(C)(C)C)CCS2)s1. The van der Waals surface area contributed by atoms with E-state index in [4.69, 9.17) is 0 Å². The molecule has 0 bridgehead atoms. The van der Waals surface area contributed by atoms with Gasteiger partial charge in [-0.1, -0.05) is 32.5 Å². The maximum Gasteiger partial charge on any atom is 0.157 e. The van der Waals surface area contributed by atoms with Gasteiger partial charge in [0.15, 0.2) is 5.17 Å². The number of amidine groups is 1. The van der Waals surface area contributed by atoms with Gasteiger partial charge in [0.05, 0.1) is 11.6 Å². The van der Waals surface area contributed by atoms with Crippen LogP contribution >= 0.6 is 23.1 Å². The fraction of sp³-hybridized carbons (Fsp3) is 0.692. The number of aryl methyl sites for hydroxylation is 1. The lowest BCUT2D eigenvalue weighted by Crippen LogP contribution is -2.46. The molecule has 0 amide bonds. The van der Waals surface area contributed by atoms with Crippen molar-refractivity contribution in [1.29, 1.82) is 0 Å². The lowest BCUT2D eigenvalue weighted by Gasteiger charge is -2.35. The van der Waals surface area contributed by atoms with E-state index in [-0.39, 0.29) is 0 Å². The summed E-state index contributed by atoms with van der Waals surface area (Å²) in [6, 6.07) is 0.528. The lowest BCUT2D eigenvalue weighted by molar-refractivity contribution is 0.290. The van der Waals surface area contributed by atoms with Gasteiger partial charge >= 0.3 is 0 Å². The van der Waals surface area contributed by atoms with E-state index < -0.39 is 0 Å². The number of hydrogen-bond acceptors (Lipinski definition) is 4. The second-order valence-corrected chi connectivity index (χ2v) is 8.07. The average Bonchev–Trinajstić information content (AvgIpc) is 2.72. The van der Waals surface area contributed by atoms with Crippen molar-refractivity contribution in [2.75, 3.05) is 5.75 Å². The Balaban J connectivity index is 1.96. The van der Waals surface area contributed by atoms with Crippen LogP contribution in [0.3, 0.4) is 0 Å². The topological polar surface area (TPSA) is 37.3 Å². The highest BCUT2D eigenvalue weighted by Crippen LogP contribution is 2.27. The van der Waals surface area contributed by atoms with Gasteiger partial charge in [0.1, 0.15) is 0 Å². The van der Waals surface area contributed by atoms with E-state index >= 15 is 0 Å². The van der Waals surface area contributed by atoms with Crippen LogP contribution in [-0.4, -0.2) is 21.9 Å². The third-order valence-corrected chi connectivity index (χ3v) is 4.89. The Hall–Kier alpha value is -0.550. The van der Waals surface area contributed by atoms with Crippen LogP contribution in [0.2, 0.25) is 0 Å². The predicted molar refractivity (Wildman–Crippen MR) is 81.4 cm³/mol. The molecule has 1 aromatic rings. The third kappa shape index (κ3) is 3.72. The van der Waals surface area contributed by atoms with Gasteiger partial charge in [-0.25, -0.2) is 4.98 Å². The quantitative estimate of drug-likeness (QED) is 0.903. The first-order chi connectivity index (χ1) is 8.45. The van der Waals surface area contributed by atoms with Gasteiger partial charge in [0.2, 0.25) is 0 Å². The molecule has 2 heterocycles. The molecule has 2 rings (SSSR count). The number of aliphatic imine (C=N–C) groups is 1. The van der Waals surface area contributed by atoms with Crippen molar-refractivity contribution in [3.05, 3.63) is 16.1 Å². The molecular formula is C13H21N3S2. The van der Waals surface area contributed by atoms with Crippen LogP contribution in [0.4, 0.5) is 0 Å². The number of aromatic nitrogens is 1. The first-order valence-electron chi connectivity index (χ1n) is 6.30. The van der Waals surface area contributed by atoms with Gasteiger partial charge in [0, 0.05) is 22.9 Å². The molecule has 5 heteroatoms. The maximum atomic E-state index is 4.67. The second kappa shape index (κ2) is 5.61. The fourth-order valence-corrected chi connectivity index (χ4v) is 3.55. The summed E-state index contributed by atoms with van der Waals surface area (Å²) in [6.45, 7) is 9.63. The summed E-state index contributed by atoms with van der Waals surface area (Å²) in [7, 11) is 0. The zero-order chi connectivity index (χ0) is 13.2. The highest BCUT2D eigenvalue weighted by atomic mass is 32.2. The smallest absolute Gasteiger partial charge is 0.157 e. The minimum atomic E-state index is 0.294. The summed E-state index contributed by atoms with van der Waals surface area (Å²) >= 11 is 3.56. The molecule has 0 radical (unpaired) electrons. The van der Waals surface area contributed by atoms with Crippen molar-refractivity contribution in [1.82, 2.24) is 10.3 Å². The summed E-state index contributed by atoms with van der Waals surface area (Å²) in [5.74, 6) is 1.16. The molecule has 3 nitrogen and oxygen atoms in total. The monoisotopic (exact) mass is 283 g/mol.